The second kappa shape index (κ2) is 5.88. The molecule has 1 aromatic carbocycles. The average Bonchev–Trinajstić information content (AvgIpc) is 3.05. The fraction of sp³-hybridized carbons (Fsp3) is 0.222. The highest BCUT2D eigenvalue weighted by atomic mass is 16.2. The maximum Gasteiger partial charge on any atom is 0.246 e. The lowest BCUT2D eigenvalue weighted by Crippen LogP contribution is -2.41. The van der Waals surface area contributed by atoms with Crippen LogP contribution in [0.5, 0.6) is 0 Å². The summed E-state index contributed by atoms with van der Waals surface area (Å²) in [4.78, 5) is 18.7. The van der Waals surface area contributed by atoms with Crippen molar-refractivity contribution in [2.24, 2.45) is 0 Å². The molecule has 0 spiro atoms. The normalized spacial score (nSPS) is 17.0. The second-order valence-electron chi connectivity index (χ2n) is 5.90. The van der Waals surface area contributed by atoms with Gasteiger partial charge in [-0.25, -0.2) is 0 Å². The van der Waals surface area contributed by atoms with Crippen molar-refractivity contribution >= 4 is 5.91 Å². The Balaban J connectivity index is 1.67. The van der Waals surface area contributed by atoms with E-state index >= 15 is 0 Å². The highest BCUT2D eigenvalue weighted by molar-refractivity contribution is 5.82. The van der Waals surface area contributed by atoms with E-state index in [4.69, 9.17) is 0 Å². The number of rotatable bonds is 3. The Bertz CT molecular complexity index is 860. The molecule has 2 aromatic heterocycles. The molecule has 3 aromatic rings. The number of benzene rings is 1. The van der Waals surface area contributed by atoms with Crippen molar-refractivity contribution in [2.75, 3.05) is 0 Å². The molecule has 3 heterocycles. The van der Waals surface area contributed by atoms with E-state index in [1.54, 1.807) is 12.4 Å². The molecule has 0 saturated heterocycles. The van der Waals surface area contributed by atoms with Gasteiger partial charge in [0.25, 0.3) is 0 Å². The first-order valence-corrected chi connectivity index (χ1v) is 7.91. The predicted octanol–water partition coefficient (Wildman–Crippen LogP) is 2.44. The van der Waals surface area contributed by atoms with Gasteiger partial charge in [0.05, 0.1) is 6.54 Å². The average molecular weight is 319 g/mol. The van der Waals surface area contributed by atoms with E-state index < -0.39 is 0 Å². The molecule has 1 aliphatic heterocycles. The number of pyridine rings is 1. The molecule has 0 fully saturated rings. The van der Waals surface area contributed by atoms with Crippen LogP contribution in [-0.4, -0.2) is 30.6 Å². The maximum atomic E-state index is 12.8. The smallest absolute Gasteiger partial charge is 0.246 e. The third-order valence-electron chi connectivity index (χ3n) is 4.31. The second-order valence-corrected chi connectivity index (χ2v) is 5.90. The minimum atomic E-state index is -0.323. The molecule has 6 heteroatoms. The van der Waals surface area contributed by atoms with E-state index in [1.165, 1.54) is 0 Å². The van der Waals surface area contributed by atoms with Crippen LogP contribution < -0.4 is 0 Å². The van der Waals surface area contributed by atoms with Gasteiger partial charge in [-0.2, -0.15) is 0 Å². The number of carbonyl (C=O) groups excluding carboxylic acids is 1. The van der Waals surface area contributed by atoms with Crippen molar-refractivity contribution < 1.29 is 4.79 Å². The van der Waals surface area contributed by atoms with Crippen LogP contribution in [0.25, 0.3) is 11.4 Å². The molecule has 1 atom stereocenters. The van der Waals surface area contributed by atoms with E-state index in [0.29, 0.717) is 18.9 Å². The molecule has 0 saturated carbocycles. The molecular weight excluding hydrogens is 302 g/mol. The van der Waals surface area contributed by atoms with Crippen LogP contribution in [0.4, 0.5) is 0 Å². The monoisotopic (exact) mass is 319 g/mol. The van der Waals surface area contributed by atoms with Gasteiger partial charge in [0, 0.05) is 24.5 Å². The van der Waals surface area contributed by atoms with Gasteiger partial charge >= 0.3 is 0 Å². The largest absolute Gasteiger partial charge is 0.329 e. The Morgan fingerprint density at radius 1 is 1.08 bits per heavy atom. The summed E-state index contributed by atoms with van der Waals surface area (Å²) in [6.07, 6.45) is 3.43. The van der Waals surface area contributed by atoms with Crippen LogP contribution in [0.2, 0.25) is 0 Å². The first kappa shape index (κ1) is 14.6. The Labute approximate surface area is 139 Å². The molecule has 0 aliphatic carbocycles. The number of aromatic nitrogens is 4. The molecule has 6 nitrogen and oxygen atoms in total. The van der Waals surface area contributed by atoms with E-state index in [9.17, 15) is 4.79 Å². The molecule has 0 N–H and O–H groups in total. The Hall–Kier alpha value is -3.02. The van der Waals surface area contributed by atoms with E-state index in [-0.39, 0.29) is 11.9 Å². The highest BCUT2D eigenvalue weighted by Crippen LogP contribution is 2.28. The molecule has 0 unspecified atom stereocenters. The van der Waals surface area contributed by atoms with Crippen LogP contribution in [0, 0.1) is 0 Å². The highest BCUT2D eigenvalue weighted by Gasteiger charge is 2.33. The molecule has 0 bridgehead atoms. The zero-order chi connectivity index (χ0) is 16.5. The maximum absolute atomic E-state index is 12.8. The Morgan fingerprint density at radius 2 is 1.83 bits per heavy atom. The summed E-state index contributed by atoms with van der Waals surface area (Å²) in [5.41, 5.74) is 2.03. The lowest BCUT2D eigenvalue weighted by Gasteiger charge is -2.32. The molecular formula is C18H17N5O. The molecule has 1 amide bonds. The van der Waals surface area contributed by atoms with Gasteiger partial charge in [-0.3, -0.25) is 14.3 Å². The van der Waals surface area contributed by atoms with Gasteiger partial charge in [-0.05, 0) is 24.6 Å². The van der Waals surface area contributed by atoms with Crippen molar-refractivity contribution in [1.29, 1.82) is 0 Å². The van der Waals surface area contributed by atoms with Gasteiger partial charge in [-0.1, -0.05) is 30.3 Å². The fourth-order valence-corrected chi connectivity index (χ4v) is 3.10. The van der Waals surface area contributed by atoms with E-state index in [2.05, 4.69) is 15.2 Å². The van der Waals surface area contributed by atoms with Crippen LogP contribution in [0.15, 0.2) is 54.9 Å². The van der Waals surface area contributed by atoms with Gasteiger partial charge in [0.2, 0.25) is 5.91 Å². The van der Waals surface area contributed by atoms with Crippen LogP contribution in [0.1, 0.15) is 24.4 Å². The zero-order valence-electron chi connectivity index (χ0n) is 13.3. The third-order valence-corrected chi connectivity index (χ3v) is 4.31. The number of hydrogen-bond donors (Lipinski definition) is 0. The first-order chi connectivity index (χ1) is 11.7. The van der Waals surface area contributed by atoms with Crippen molar-refractivity contribution in [1.82, 2.24) is 24.6 Å². The summed E-state index contributed by atoms with van der Waals surface area (Å²) in [7, 11) is 0. The standard InChI is InChI=1S/C18H17N5O/c1-13-18(24)22(11-14-5-3-2-4-6-14)12-16-20-21-17(23(13)16)15-7-9-19-10-8-15/h2-10,13H,11-12H2,1H3/t13-/m0/s1. The van der Waals surface area contributed by atoms with E-state index in [1.807, 2.05) is 58.9 Å². The lowest BCUT2D eigenvalue weighted by atomic mass is 10.1. The summed E-state index contributed by atoms with van der Waals surface area (Å²) in [5.74, 6) is 1.61. The van der Waals surface area contributed by atoms with Gasteiger partial charge in [0.1, 0.15) is 6.04 Å². The Morgan fingerprint density at radius 3 is 2.58 bits per heavy atom. The SMILES string of the molecule is C[C@H]1C(=O)N(Cc2ccccc2)Cc2nnc(-c3ccncc3)n21. The minimum absolute atomic E-state index is 0.0847. The summed E-state index contributed by atoms with van der Waals surface area (Å²) >= 11 is 0. The van der Waals surface area contributed by atoms with Crippen LogP contribution >= 0.6 is 0 Å². The predicted molar refractivity (Wildman–Crippen MR) is 88.7 cm³/mol. The van der Waals surface area contributed by atoms with Gasteiger partial charge < -0.3 is 4.90 Å². The molecule has 4 rings (SSSR count). The zero-order valence-corrected chi connectivity index (χ0v) is 13.3. The Kier molecular flexibility index (Phi) is 3.57. The first-order valence-electron chi connectivity index (χ1n) is 7.91. The molecule has 120 valence electrons. The molecule has 24 heavy (non-hydrogen) atoms. The number of fused-ring (bicyclic) bond motifs is 1. The number of nitrogens with zero attached hydrogens (tertiary/aromatic N) is 5. The summed E-state index contributed by atoms with van der Waals surface area (Å²) < 4.78 is 1.93. The number of carbonyl (C=O) groups is 1. The quantitative estimate of drug-likeness (QED) is 0.744. The van der Waals surface area contributed by atoms with Crippen molar-refractivity contribution in [2.45, 2.75) is 26.1 Å². The molecule has 1 aliphatic rings. The summed E-state index contributed by atoms with van der Waals surface area (Å²) in [6.45, 7) is 2.95. The molecule has 0 radical (unpaired) electrons. The van der Waals surface area contributed by atoms with Gasteiger partial charge in [-0.15, -0.1) is 10.2 Å². The third kappa shape index (κ3) is 2.46. The van der Waals surface area contributed by atoms with E-state index in [0.717, 1.165) is 17.0 Å². The van der Waals surface area contributed by atoms with Crippen molar-refractivity contribution in [3.05, 3.63) is 66.2 Å². The van der Waals surface area contributed by atoms with Gasteiger partial charge in [0.15, 0.2) is 11.6 Å². The number of hydrogen-bond acceptors (Lipinski definition) is 4. The summed E-state index contributed by atoms with van der Waals surface area (Å²) in [5, 5.41) is 8.61. The van der Waals surface area contributed by atoms with Crippen LogP contribution in [-0.2, 0) is 17.9 Å². The van der Waals surface area contributed by atoms with Crippen molar-refractivity contribution in [3.63, 3.8) is 0 Å². The topological polar surface area (TPSA) is 63.9 Å². The van der Waals surface area contributed by atoms with Crippen LogP contribution in [0.3, 0.4) is 0 Å². The number of amides is 1. The minimum Gasteiger partial charge on any atom is -0.329 e. The fourth-order valence-electron chi connectivity index (χ4n) is 3.10. The summed E-state index contributed by atoms with van der Waals surface area (Å²) in [6, 6.07) is 13.4. The van der Waals surface area contributed by atoms with Crippen molar-refractivity contribution in [3.8, 4) is 11.4 Å². The lowest BCUT2D eigenvalue weighted by molar-refractivity contribution is -0.137.